The predicted molar refractivity (Wildman–Crippen MR) is 72.5 cm³/mol. The Labute approximate surface area is 106 Å². The number of benzene rings is 1. The fourth-order valence-electron chi connectivity index (χ4n) is 1.69. The van der Waals surface area contributed by atoms with Crippen molar-refractivity contribution in [2.45, 2.75) is 13.8 Å². The average molecular weight is 241 g/mol. The van der Waals surface area contributed by atoms with Crippen LogP contribution in [0.1, 0.15) is 21.5 Å². The Kier molecular flexibility index (Phi) is 3.28. The summed E-state index contributed by atoms with van der Waals surface area (Å²) in [5, 5.41) is 2.83. The molecule has 0 aliphatic heterocycles. The van der Waals surface area contributed by atoms with Crippen LogP contribution in [0.5, 0.6) is 0 Å². The van der Waals surface area contributed by atoms with Gasteiger partial charge in [-0.2, -0.15) is 0 Å². The van der Waals surface area contributed by atoms with Gasteiger partial charge >= 0.3 is 0 Å². The van der Waals surface area contributed by atoms with Crippen LogP contribution < -0.4 is 11.1 Å². The molecular formula is C14H15N3O. The minimum absolute atomic E-state index is 0.207. The Morgan fingerprint density at radius 2 is 2.06 bits per heavy atom. The number of nitrogens with two attached hydrogens (primary N) is 1. The van der Waals surface area contributed by atoms with Crippen LogP contribution in [-0.4, -0.2) is 10.9 Å². The fraction of sp³-hybridized carbons (Fsp3) is 0.143. The van der Waals surface area contributed by atoms with E-state index in [4.69, 9.17) is 5.73 Å². The van der Waals surface area contributed by atoms with E-state index in [1.165, 1.54) is 0 Å². The summed E-state index contributed by atoms with van der Waals surface area (Å²) < 4.78 is 0. The van der Waals surface area contributed by atoms with E-state index in [1.54, 1.807) is 30.6 Å². The van der Waals surface area contributed by atoms with Crippen molar-refractivity contribution in [2.75, 3.05) is 11.1 Å². The summed E-state index contributed by atoms with van der Waals surface area (Å²) >= 11 is 0. The zero-order valence-electron chi connectivity index (χ0n) is 10.4. The van der Waals surface area contributed by atoms with Gasteiger partial charge in [0.2, 0.25) is 0 Å². The van der Waals surface area contributed by atoms with Crippen molar-refractivity contribution >= 4 is 17.3 Å². The number of hydrogen-bond acceptors (Lipinski definition) is 3. The summed E-state index contributed by atoms with van der Waals surface area (Å²) in [5.41, 5.74) is 9.50. The van der Waals surface area contributed by atoms with E-state index in [1.807, 2.05) is 19.9 Å². The molecule has 0 bridgehead atoms. The van der Waals surface area contributed by atoms with E-state index in [-0.39, 0.29) is 5.91 Å². The lowest BCUT2D eigenvalue weighted by atomic mass is 10.1. The molecular weight excluding hydrogens is 226 g/mol. The number of aryl methyl sites for hydroxylation is 2. The normalized spacial score (nSPS) is 10.1. The molecule has 3 N–H and O–H groups in total. The van der Waals surface area contributed by atoms with Gasteiger partial charge in [-0.05, 0) is 43.2 Å². The zero-order valence-corrected chi connectivity index (χ0v) is 10.4. The first-order chi connectivity index (χ1) is 8.58. The van der Waals surface area contributed by atoms with E-state index in [0.717, 1.165) is 16.8 Å². The summed E-state index contributed by atoms with van der Waals surface area (Å²) in [5.74, 6) is -0.207. The van der Waals surface area contributed by atoms with Gasteiger partial charge < -0.3 is 11.1 Å². The Hall–Kier alpha value is -2.36. The third-order valence-electron chi connectivity index (χ3n) is 2.72. The monoisotopic (exact) mass is 241 g/mol. The van der Waals surface area contributed by atoms with Crippen LogP contribution in [0.15, 0.2) is 36.7 Å². The molecule has 0 atom stereocenters. The van der Waals surface area contributed by atoms with Gasteiger partial charge in [0.25, 0.3) is 5.91 Å². The van der Waals surface area contributed by atoms with E-state index < -0.39 is 0 Å². The Balaban J connectivity index is 2.25. The maximum absolute atomic E-state index is 12.1. The zero-order chi connectivity index (χ0) is 13.1. The molecule has 0 radical (unpaired) electrons. The smallest absolute Gasteiger partial charge is 0.257 e. The van der Waals surface area contributed by atoms with E-state index in [0.29, 0.717) is 11.3 Å². The topological polar surface area (TPSA) is 68.0 Å². The number of carbonyl (C=O) groups excluding carboxylic acids is 1. The Morgan fingerprint density at radius 1 is 1.28 bits per heavy atom. The number of rotatable bonds is 2. The van der Waals surface area contributed by atoms with Crippen LogP contribution in [0.3, 0.4) is 0 Å². The standard InChI is InChI=1S/C14H15N3O/c1-9-3-4-11(12(15)7-9)14(18)17-13-5-6-16-8-10(13)2/h3-8H,15H2,1-2H3,(H,16,17,18). The highest BCUT2D eigenvalue weighted by atomic mass is 16.1. The summed E-state index contributed by atoms with van der Waals surface area (Å²) in [6.45, 7) is 3.83. The minimum Gasteiger partial charge on any atom is -0.398 e. The van der Waals surface area contributed by atoms with Crippen LogP contribution in [0.4, 0.5) is 11.4 Å². The largest absolute Gasteiger partial charge is 0.398 e. The number of nitrogen functional groups attached to an aromatic ring is 1. The summed E-state index contributed by atoms with van der Waals surface area (Å²) in [4.78, 5) is 16.1. The van der Waals surface area contributed by atoms with Crippen LogP contribution in [-0.2, 0) is 0 Å². The van der Waals surface area contributed by atoms with Crippen molar-refractivity contribution in [2.24, 2.45) is 0 Å². The minimum atomic E-state index is -0.207. The highest BCUT2D eigenvalue weighted by Crippen LogP contribution is 2.17. The molecule has 0 spiro atoms. The van der Waals surface area contributed by atoms with Crippen LogP contribution in [0.2, 0.25) is 0 Å². The molecule has 1 aromatic heterocycles. The van der Waals surface area contributed by atoms with Crippen molar-refractivity contribution in [3.05, 3.63) is 53.3 Å². The molecule has 4 heteroatoms. The maximum atomic E-state index is 12.1. The van der Waals surface area contributed by atoms with Gasteiger partial charge in [0.1, 0.15) is 0 Å². The van der Waals surface area contributed by atoms with Gasteiger partial charge in [0, 0.05) is 23.8 Å². The number of nitrogens with zero attached hydrogens (tertiary/aromatic N) is 1. The second-order valence-electron chi connectivity index (χ2n) is 4.24. The van der Waals surface area contributed by atoms with Gasteiger partial charge in [0.15, 0.2) is 0 Å². The van der Waals surface area contributed by atoms with Crippen molar-refractivity contribution < 1.29 is 4.79 Å². The number of pyridine rings is 1. The lowest BCUT2D eigenvalue weighted by Crippen LogP contribution is -2.14. The second-order valence-corrected chi connectivity index (χ2v) is 4.24. The number of carbonyl (C=O) groups is 1. The lowest BCUT2D eigenvalue weighted by Gasteiger charge is -2.09. The van der Waals surface area contributed by atoms with Gasteiger partial charge in [0.05, 0.1) is 5.56 Å². The SMILES string of the molecule is Cc1ccc(C(=O)Nc2ccncc2C)c(N)c1. The van der Waals surface area contributed by atoms with Crippen molar-refractivity contribution in [1.29, 1.82) is 0 Å². The van der Waals surface area contributed by atoms with Crippen molar-refractivity contribution in [1.82, 2.24) is 4.98 Å². The molecule has 4 nitrogen and oxygen atoms in total. The summed E-state index contributed by atoms with van der Waals surface area (Å²) in [6, 6.07) is 7.15. The molecule has 0 unspecified atom stereocenters. The maximum Gasteiger partial charge on any atom is 0.257 e. The van der Waals surface area contributed by atoms with E-state index in [2.05, 4.69) is 10.3 Å². The third kappa shape index (κ3) is 2.48. The Bertz CT molecular complexity index is 593. The summed E-state index contributed by atoms with van der Waals surface area (Å²) in [6.07, 6.45) is 3.34. The molecule has 2 rings (SSSR count). The highest BCUT2D eigenvalue weighted by molar-refractivity contribution is 6.08. The molecule has 0 aliphatic rings. The number of aromatic nitrogens is 1. The number of nitrogens with one attached hydrogen (secondary N) is 1. The molecule has 0 fully saturated rings. The quantitative estimate of drug-likeness (QED) is 0.794. The first-order valence-corrected chi connectivity index (χ1v) is 5.66. The molecule has 1 amide bonds. The molecule has 2 aromatic rings. The molecule has 1 aromatic carbocycles. The molecule has 1 heterocycles. The van der Waals surface area contributed by atoms with Crippen molar-refractivity contribution in [3.8, 4) is 0 Å². The molecule has 18 heavy (non-hydrogen) atoms. The average Bonchev–Trinajstić information content (AvgIpc) is 2.32. The van der Waals surface area contributed by atoms with E-state index in [9.17, 15) is 4.79 Å². The Morgan fingerprint density at radius 3 is 2.72 bits per heavy atom. The van der Waals surface area contributed by atoms with Gasteiger partial charge in [-0.15, -0.1) is 0 Å². The first kappa shape index (κ1) is 12.1. The third-order valence-corrected chi connectivity index (χ3v) is 2.72. The second kappa shape index (κ2) is 4.87. The molecule has 0 saturated heterocycles. The number of hydrogen-bond donors (Lipinski definition) is 2. The van der Waals surface area contributed by atoms with Gasteiger partial charge in [-0.3, -0.25) is 9.78 Å². The number of amides is 1. The van der Waals surface area contributed by atoms with Crippen LogP contribution >= 0.6 is 0 Å². The molecule has 0 saturated carbocycles. The highest BCUT2D eigenvalue weighted by Gasteiger charge is 2.10. The molecule has 0 aliphatic carbocycles. The van der Waals surface area contributed by atoms with Gasteiger partial charge in [-0.1, -0.05) is 6.07 Å². The lowest BCUT2D eigenvalue weighted by molar-refractivity contribution is 0.102. The van der Waals surface area contributed by atoms with Crippen LogP contribution in [0.25, 0.3) is 0 Å². The molecule has 92 valence electrons. The predicted octanol–water partition coefficient (Wildman–Crippen LogP) is 2.53. The van der Waals surface area contributed by atoms with Crippen LogP contribution in [0, 0.1) is 13.8 Å². The number of anilines is 2. The first-order valence-electron chi connectivity index (χ1n) is 5.66. The van der Waals surface area contributed by atoms with Gasteiger partial charge in [-0.25, -0.2) is 0 Å². The fourth-order valence-corrected chi connectivity index (χ4v) is 1.69. The van der Waals surface area contributed by atoms with Crippen molar-refractivity contribution in [3.63, 3.8) is 0 Å². The summed E-state index contributed by atoms with van der Waals surface area (Å²) in [7, 11) is 0. The van der Waals surface area contributed by atoms with E-state index >= 15 is 0 Å².